The van der Waals surface area contributed by atoms with Crippen LogP contribution in [0.3, 0.4) is 0 Å². The number of nitrogens with two attached hydrogens (primary N) is 1. The lowest BCUT2D eigenvalue weighted by Gasteiger charge is -2.06. The molecule has 21 heavy (non-hydrogen) atoms. The number of sulfonamides is 1. The Labute approximate surface area is 124 Å². The third kappa shape index (κ3) is 2.41. The third-order valence-corrected chi connectivity index (χ3v) is 4.84. The Morgan fingerprint density at radius 2 is 2.14 bits per heavy atom. The van der Waals surface area contributed by atoms with E-state index in [9.17, 15) is 8.42 Å². The number of imidazole rings is 1. The van der Waals surface area contributed by atoms with Gasteiger partial charge in [-0.15, -0.1) is 0 Å². The van der Waals surface area contributed by atoms with Crippen molar-refractivity contribution in [2.45, 2.75) is 11.9 Å². The molecule has 0 atom stereocenters. The van der Waals surface area contributed by atoms with E-state index in [0.717, 1.165) is 11.5 Å². The number of fused-ring (bicyclic) bond motifs is 1. The van der Waals surface area contributed by atoms with Gasteiger partial charge in [0.2, 0.25) is 10.2 Å². The Morgan fingerprint density at radius 1 is 1.33 bits per heavy atom. The summed E-state index contributed by atoms with van der Waals surface area (Å²) in [6.07, 6.45) is 1.59. The summed E-state index contributed by atoms with van der Waals surface area (Å²) in [7, 11) is -3.91. The molecule has 0 spiro atoms. The molecule has 0 bridgehead atoms. The number of hydrogen-bond donors (Lipinski definition) is 3. The molecule has 0 saturated heterocycles. The topological polar surface area (TPSA) is 127 Å². The van der Waals surface area contributed by atoms with Gasteiger partial charge in [-0.25, -0.2) is 15.8 Å². The van der Waals surface area contributed by atoms with E-state index in [1.165, 1.54) is 4.40 Å². The van der Waals surface area contributed by atoms with E-state index in [2.05, 4.69) is 24.5 Å². The molecule has 11 heteroatoms. The number of pyridine rings is 1. The summed E-state index contributed by atoms with van der Waals surface area (Å²) in [5.41, 5.74) is 2.76. The van der Waals surface area contributed by atoms with Gasteiger partial charge < -0.3 is 5.43 Å². The van der Waals surface area contributed by atoms with Crippen molar-refractivity contribution in [1.82, 2.24) is 18.7 Å². The van der Waals surface area contributed by atoms with Crippen molar-refractivity contribution in [3.05, 3.63) is 30.2 Å². The summed E-state index contributed by atoms with van der Waals surface area (Å²) in [4.78, 5) is 8.10. The summed E-state index contributed by atoms with van der Waals surface area (Å²) in [6.45, 7) is 1.68. The number of aromatic nitrogens is 4. The molecular weight excluding hydrogens is 314 g/mol. The minimum atomic E-state index is -3.91. The number of rotatable bonds is 4. The lowest BCUT2D eigenvalue weighted by Crippen LogP contribution is -2.18. The molecule has 0 fully saturated rings. The molecule has 4 N–H and O–H groups in total. The number of nitrogen functional groups attached to an aromatic ring is 1. The number of anilines is 2. The molecule has 0 radical (unpaired) electrons. The quantitative estimate of drug-likeness (QED) is 0.473. The highest BCUT2D eigenvalue weighted by molar-refractivity contribution is 7.93. The predicted octanol–water partition coefficient (Wildman–Crippen LogP) is 0.581. The second-order valence-corrected chi connectivity index (χ2v) is 6.44. The number of aryl methyl sites for hydroxylation is 1. The standard InChI is InChI=1S/C10H11N7O2S2/c1-6-12-10(20-15-6)16-21(18,19)9-8(14-11)13-7-4-2-3-5-17(7)9/h2-5,14H,11H2,1H3,(H,12,15,16). The van der Waals surface area contributed by atoms with Gasteiger partial charge in [0.25, 0.3) is 10.0 Å². The predicted molar refractivity (Wildman–Crippen MR) is 78.5 cm³/mol. The normalized spacial score (nSPS) is 11.7. The summed E-state index contributed by atoms with van der Waals surface area (Å²) >= 11 is 0.960. The molecule has 0 amide bonds. The van der Waals surface area contributed by atoms with Crippen LogP contribution in [-0.4, -0.2) is 27.2 Å². The minimum Gasteiger partial charge on any atom is -0.306 e. The van der Waals surface area contributed by atoms with Crippen molar-refractivity contribution < 1.29 is 8.42 Å². The molecule has 9 nitrogen and oxygen atoms in total. The van der Waals surface area contributed by atoms with Crippen LogP contribution in [0.4, 0.5) is 10.9 Å². The Morgan fingerprint density at radius 3 is 2.81 bits per heavy atom. The van der Waals surface area contributed by atoms with Gasteiger partial charge in [0.05, 0.1) is 0 Å². The largest absolute Gasteiger partial charge is 0.306 e. The number of hydrogen-bond acceptors (Lipinski definition) is 8. The first-order chi connectivity index (χ1) is 10.0. The molecule has 0 aliphatic carbocycles. The summed E-state index contributed by atoms with van der Waals surface area (Å²) in [5.74, 6) is 5.91. The fourth-order valence-corrected chi connectivity index (χ4v) is 3.88. The first-order valence-corrected chi connectivity index (χ1v) is 8.04. The van der Waals surface area contributed by atoms with Gasteiger partial charge in [0.1, 0.15) is 11.5 Å². The molecule has 3 rings (SSSR count). The molecule has 0 unspecified atom stereocenters. The Balaban J connectivity index is 2.13. The maximum Gasteiger partial charge on any atom is 0.283 e. The van der Waals surface area contributed by atoms with Crippen molar-refractivity contribution in [3.63, 3.8) is 0 Å². The third-order valence-electron chi connectivity index (χ3n) is 2.63. The molecule has 0 saturated carbocycles. The van der Waals surface area contributed by atoms with E-state index in [0.29, 0.717) is 11.5 Å². The average molecular weight is 325 g/mol. The summed E-state index contributed by atoms with van der Waals surface area (Å²) in [5, 5.41) is 0.0924. The maximum absolute atomic E-state index is 12.5. The van der Waals surface area contributed by atoms with Crippen molar-refractivity contribution in [3.8, 4) is 0 Å². The van der Waals surface area contributed by atoms with Crippen molar-refractivity contribution in [1.29, 1.82) is 0 Å². The van der Waals surface area contributed by atoms with Gasteiger partial charge in [-0.3, -0.25) is 9.12 Å². The lowest BCUT2D eigenvalue weighted by atomic mass is 10.5. The fourth-order valence-electron chi connectivity index (χ4n) is 1.83. The van der Waals surface area contributed by atoms with E-state index < -0.39 is 10.0 Å². The van der Waals surface area contributed by atoms with E-state index >= 15 is 0 Å². The second-order valence-electron chi connectivity index (χ2n) is 4.09. The average Bonchev–Trinajstić information content (AvgIpc) is 3.01. The zero-order valence-corrected chi connectivity index (χ0v) is 12.4. The first-order valence-electron chi connectivity index (χ1n) is 5.78. The molecule has 0 aliphatic rings. The van der Waals surface area contributed by atoms with E-state index in [1.807, 2.05) is 0 Å². The number of nitrogens with zero attached hydrogens (tertiary/aromatic N) is 4. The smallest absolute Gasteiger partial charge is 0.283 e. The molecular formula is C10H11N7O2S2. The molecule has 110 valence electrons. The molecule has 3 aromatic rings. The van der Waals surface area contributed by atoms with E-state index in [4.69, 9.17) is 5.84 Å². The second kappa shape index (κ2) is 4.95. The van der Waals surface area contributed by atoms with Gasteiger partial charge in [0, 0.05) is 17.7 Å². The number of nitrogens with one attached hydrogen (secondary N) is 2. The van der Waals surface area contributed by atoms with Crippen LogP contribution in [0.5, 0.6) is 0 Å². The Hall–Kier alpha value is -2.24. The van der Waals surface area contributed by atoms with Crippen LogP contribution in [0.2, 0.25) is 0 Å². The zero-order valence-electron chi connectivity index (χ0n) is 10.8. The van der Waals surface area contributed by atoms with Gasteiger partial charge in [-0.2, -0.15) is 12.8 Å². The van der Waals surface area contributed by atoms with Gasteiger partial charge in [0.15, 0.2) is 5.82 Å². The van der Waals surface area contributed by atoms with Crippen LogP contribution < -0.4 is 16.0 Å². The van der Waals surface area contributed by atoms with Gasteiger partial charge in [-0.1, -0.05) is 6.07 Å². The first kappa shape index (κ1) is 13.7. The van der Waals surface area contributed by atoms with Crippen LogP contribution in [0.15, 0.2) is 29.4 Å². The summed E-state index contributed by atoms with van der Waals surface area (Å²) in [6, 6.07) is 5.12. The lowest BCUT2D eigenvalue weighted by molar-refractivity contribution is 0.597. The van der Waals surface area contributed by atoms with Crippen LogP contribution in [-0.2, 0) is 10.0 Å². The van der Waals surface area contributed by atoms with Crippen LogP contribution in [0, 0.1) is 6.92 Å². The molecule has 3 heterocycles. The maximum atomic E-state index is 12.5. The summed E-state index contributed by atoms with van der Waals surface area (Å²) < 4.78 is 32.8. The fraction of sp³-hybridized carbons (Fsp3) is 0.100. The highest BCUT2D eigenvalue weighted by Crippen LogP contribution is 2.24. The van der Waals surface area contributed by atoms with Crippen LogP contribution in [0.25, 0.3) is 5.65 Å². The Kier molecular flexibility index (Phi) is 3.23. The van der Waals surface area contributed by atoms with E-state index in [1.54, 1.807) is 31.3 Å². The van der Waals surface area contributed by atoms with E-state index in [-0.39, 0.29) is 16.0 Å². The van der Waals surface area contributed by atoms with Crippen molar-refractivity contribution in [2.24, 2.45) is 5.84 Å². The van der Waals surface area contributed by atoms with Gasteiger partial charge in [-0.05, 0) is 19.1 Å². The van der Waals surface area contributed by atoms with Gasteiger partial charge >= 0.3 is 0 Å². The Bertz CT molecular complexity index is 899. The van der Waals surface area contributed by atoms with Crippen LogP contribution >= 0.6 is 11.5 Å². The van der Waals surface area contributed by atoms with Crippen molar-refractivity contribution in [2.75, 3.05) is 10.1 Å². The van der Waals surface area contributed by atoms with Crippen molar-refractivity contribution >= 4 is 38.2 Å². The monoisotopic (exact) mass is 325 g/mol. The molecule has 0 aromatic carbocycles. The molecule has 0 aliphatic heterocycles. The highest BCUT2D eigenvalue weighted by atomic mass is 32.2. The minimum absolute atomic E-state index is 0.0509. The SMILES string of the molecule is Cc1nsc(NS(=O)(=O)c2c(NN)nc3ccccn23)n1. The highest BCUT2D eigenvalue weighted by Gasteiger charge is 2.26. The zero-order chi connectivity index (χ0) is 15.0. The molecule has 3 aromatic heterocycles. The number of hydrazine groups is 1. The van der Waals surface area contributed by atoms with Crippen LogP contribution in [0.1, 0.15) is 5.82 Å².